The van der Waals surface area contributed by atoms with E-state index in [0.29, 0.717) is 10.9 Å². The van der Waals surface area contributed by atoms with Crippen molar-refractivity contribution in [2.45, 2.75) is 50.1 Å². The Labute approximate surface area is 186 Å². The van der Waals surface area contributed by atoms with E-state index in [1.807, 2.05) is 0 Å². The number of carbonyl (C=O) groups excluding carboxylic acids is 1. The van der Waals surface area contributed by atoms with Crippen molar-refractivity contribution in [2.24, 2.45) is 11.7 Å². The van der Waals surface area contributed by atoms with Gasteiger partial charge in [-0.3, -0.25) is 4.79 Å². The lowest BCUT2D eigenvalue weighted by molar-refractivity contribution is -0.300. The monoisotopic (exact) mass is 467 g/mol. The van der Waals surface area contributed by atoms with Crippen LogP contribution in [-0.2, 0) is 14.3 Å². The van der Waals surface area contributed by atoms with Crippen LogP contribution in [0.25, 0.3) is 11.0 Å². The average molecular weight is 467 g/mol. The molecule has 0 saturated carbocycles. The smallest absolute Gasteiger partial charge is 0.378 e. The van der Waals surface area contributed by atoms with Gasteiger partial charge in [-0.2, -0.15) is 0 Å². The first-order valence-corrected chi connectivity index (χ1v) is 9.98. The minimum absolute atomic E-state index is 0.0674. The molecule has 7 atom stereocenters. The number of fused-ring (bicyclic) bond motifs is 1. The Hall–Kier alpha value is -2.87. The van der Waals surface area contributed by atoms with Crippen LogP contribution >= 0.6 is 0 Å². The standard InChI is InChI=1S/C21H25NO11/c1-8-5-14(26)31-13-6-10(3-4-11(8)13)32-21(20(29)30)15(9(2)24)18(28)16(22)19(33-21)17(27)12(25)7-23/h3-6,12,15-19,23,25,27-28H,7,22H2,1-2H3,(H,29,30)/t12-,15?,16-,17-,18+,19-,21+/m1/s1. The summed E-state index contributed by atoms with van der Waals surface area (Å²) in [4.78, 5) is 36.5. The molecule has 1 aromatic carbocycles. The number of nitrogens with two attached hydrogens (primary N) is 1. The van der Waals surface area contributed by atoms with E-state index in [1.54, 1.807) is 6.92 Å². The quantitative estimate of drug-likeness (QED) is 0.251. The summed E-state index contributed by atoms with van der Waals surface area (Å²) >= 11 is 0. The number of ketones is 1. The first kappa shape index (κ1) is 24.8. The van der Waals surface area contributed by atoms with E-state index in [0.717, 1.165) is 6.92 Å². The molecule has 7 N–H and O–H groups in total. The molecule has 0 amide bonds. The predicted octanol–water partition coefficient (Wildman–Crippen LogP) is -1.73. The van der Waals surface area contributed by atoms with Gasteiger partial charge < -0.3 is 45.2 Å². The lowest BCUT2D eigenvalue weighted by atomic mass is 9.78. The predicted molar refractivity (Wildman–Crippen MR) is 110 cm³/mol. The number of hydrogen-bond acceptors (Lipinski definition) is 11. The van der Waals surface area contributed by atoms with E-state index in [9.17, 15) is 34.8 Å². The fraction of sp³-hybridized carbons (Fsp3) is 0.476. The molecule has 12 nitrogen and oxygen atoms in total. The van der Waals surface area contributed by atoms with Gasteiger partial charge in [-0.1, -0.05) is 0 Å². The van der Waals surface area contributed by atoms with Gasteiger partial charge in [-0.05, 0) is 31.5 Å². The summed E-state index contributed by atoms with van der Waals surface area (Å²) in [6.45, 7) is 1.77. The fourth-order valence-electron chi connectivity index (χ4n) is 3.99. The summed E-state index contributed by atoms with van der Waals surface area (Å²) in [5.41, 5.74) is 5.90. The highest BCUT2D eigenvalue weighted by Gasteiger charge is 2.63. The fourth-order valence-corrected chi connectivity index (χ4v) is 3.99. The number of aryl methyl sites for hydroxylation is 1. The van der Waals surface area contributed by atoms with E-state index in [-0.39, 0.29) is 11.3 Å². The third-order valence-corrected chi connectivity index (χ3v) is 5.68. The molecule has 0 spiro atoms. The van der Waals surface area contributed by atoms with Gasteiger partial charge in [0.15, 0.2) is 0 Å². The number of carboxylic acid groups (broad SMARTS) is 1. The molecule has 0 aliphatic carbocycles. The van der Waals surface area contributed by atoms with Crippen molar-refractivity contribution in [1.29, 1.82) is 0 Å². The van der Waals surface area contributed by atoms with Crippen molar-refractivity contribution in [1.82, 2.24) is 0 Å². The number of carbonyl (C=O) groups is 2. The first-order chi connectivity index (χ1) is 15.4. The summed E-state index contributed by atoms with van der Waals surface area (Å²) in [5, 5.41) is 50.6. The van der Waals surface area contributed by atoms with E-state index in [4.69, 9.17) is 24.7 Å². The lowest BCUT2D eigenvalue weighted by Crippen LogP contribution is -2.73. The zero-order chi connectivity index (χ0) is 24.7. The Kier molecular flexibility index (Phi) is 6.88. The third kappa shape index (κ3) is 4.36. The number of carboxylic acids is 1. The van der Waals surface area contributed by atoms with Crippen LogP contribution in [0.4, 0.5) is 0 Å². The highest BCUT2D eigenvalue weighted by Crippen LogP contribution is 2.39. The maximum atomic E-state index is 12.4. The average Bonchev–Trinajstić information content (AvgIpc) is 2.74. The lowest BCUT2D eigenvalue weighted by Gasteiger charge is -2.48. The molecule has 0 radical (unpaired) electrons. The van der Waals surface area contributed by atoms with E-state index >= 15 is 0 Å². The van der Waals surface area contributed by atoms with Gasteiger partial charge >= 0.3 is 17.4 Å². The van der Waals surface area contributed by atoms with E-state index < -0.39 is 66.1 Å². The second-order valence-electron chi connectivity index (χ2n) is 7.96. The molecule has 1 saturated heterocycles. The van der Waals surface area contributed by atoms with Crippen molar-refractivity contribution < 1.29 is 49.0 Å². The Morgan fingerprint density at radius 1 is 1.27 bits per heavy atom. The number of aliphatic hydroxyl groups is 4. The highest BCUT2D eigenvalue weighted by atomic mass is 16.7. The van der Waals surface area contributed by atoms with Crippen molar-refractivity contribution in [2.75, 3.05) is 6.61 Å². The van der Waals surface area contributed by atoms with Crippen LogP contribution in [0.1, 0.15) is 12.5 Å². The highest BCUT2D eigenvalue weighted by molar-refractivity contribution is 5.89. The Bertz CT molecular complexity index is 1120. The number of rotatable bonds is 7. The topological polar surface area (TPSA) is 210 Å². The Balaban J connectivity index is 2.13. The third-order valence-electron chi connectivity index (χ3n) is 5.68. The van der Waals surface area contributed by atoms with Crippen molar-refractivity contribution in [3.63, 3.8) is 0 Å². The van der Waals surface area contributed by atoms with Crippen LogP contribution in [0.2, 0.25) is 0 Å². The van der Waals surface area contributed by atoms with Gasteiger partial charge in [0.2, 0.25) is 0 Å². The summed E-state index contributed by atoms with van der Waals surface area (Å²) in [6, 6.07) is 3.81. The van der Waals surface area contributed by atoms with Crippen molar-refractivity contribution in [3.05, 3.63) is 40.2 Å². The van der Waals surface area contributed by atoms with Crippen LogP contribution in [0.3, 0.4) is 0 Å². The van der Waals surface area contributed by atoms with Crippen LogP contribution in [0.15, 0.2) is 33.5 Å². The molecular weight excluding hydrogens is 442 g/mol. The normalized spacial score (nSPS) is 29.4. The van der Waals surface area contributed by atoms with Crippen molar-refractivity contribution >= 4 is 22.7 Å². The minimum Gasteiger partial charge on any atom is -0.476 e. The zero-order valence-corrected chi connectivity index (χ0v) is 17.7. The van der Waals surface area contributed by atoms with Gasteiger partial charge in [0, 0.05) is 17.5 Å². The Morgan fingerprint density at radius 3 is 2.52 bits per heavy atom. The Morgan fingerprint density at radius 2 is 1.94 bits per heavy atom. The molecule has 2 aromatic rings. The number of Topliss-reactive ketones (excluding diaryl/α,β-unsaturated/α-hetero) is 1. The molecule has 1 aromatic heterocycles. The second-order valence-corrected chi connectivity index (χ2v) is 7.96. The summed E-state index contributed by atoms with van der Waals surface area (Å²) in [6.07, 6.45) is -7.31. The molecule has 1 aliphatic rings. The maximum Gasteiger partial charge on any atom is 0.378 e. The molecular formula is C21H25NO11. The molecule has 12 heteroatoms. The summed E-state index contributed by atoms with van der Waals surface area (Å²) < 4.78 is 16.2. The minimum atomic E-state index is -2.88. The van der Waals surface area contributed by atoms with Gasteiger partial charge in [-0.15, -0.1) is 0 Å². The van der Waals surface area contributed by atoms with Crippen LogP contribution in [-0.4, -0.2) is 80.1 Å². The number of aliphatic carboxylic acids is 1. The summed E-state index contributed by atoms with van der Waals surface area (Å²) in [7, 11) is 0. The van der Waals surface area contributed by atoms with Crippen LogP contribution in [0, 0.1) is 12.8 Å². The molecule has 1 aliphatic heterocycles. The molecule has 2 heterocycles. The second kappa shape index (κ2) is 9.17. The van der Waals surface area contributed by atoms with Gasteiger partial charge in [0.05, 0.1) is 18.8 Å². The first-order valence-electron chi connectivity index (χ1n) is 9.98. The number of aliphatic hydroxyl groups excluding tert-OH is 4. The van der Waals surface area contributed by atoms with Crippen LogP contribution in [0.5, 0.6) is 5.75 Å². The molecule has 0 bridgehead atoms. The van der Waals surface area contributed by atoms with Crippen molar-refractivity contribution in [3.8, 4) is 5.75 Å². The molecule has 1 unspecified atom stereocenters. The van der Waals surface area contributed by atoms with Crippen LogP contribution < -0.4 is 16.1 Å². The van der Waals surface area contributed by atoms with Gasteiger partial charge in [0.1, 0.15) is 41.3 Å². The number of ether oxygens (including phenoxy) is 2. The SMILES string of the molecule is CC(=O)C1[C@H](O)[C@@H](N)[C@H]([C@H](O)[C@H](O)CO)O[C@]1(Oc1ccc2c(C)cc(=O)oc2c1)C(=O)O. The van der Waals surface area contributed by atoms with Gasteiger partial charge in [0.25, 0.3) is 0 Å². The molecule has 1 fully saturated rings. The zero-order valence-electron chi connectivity index (χ0n) is 17.7. The number of benzene rings is 1. The van der Waals surface area contributed by atoms with E-state index in [1.165, 1.54) is 24.3 Å². The number of hydrogen-bond donors (Lipinski definition) is 6. The molecule has 33 heavy (non-hydrogen) atoms. The maximum absolute atomic E-state index is 12.4. The molecule has 180 valence electrons. The summed E-state index contributed by atoms with van der Waals surface area (Å²) in [5.74, 6) is -7.56. The van der Waals surface area contributed by atoms with E-state index in [2.05, 4.69) is 0 Å². The molecule has 3 rings (SSSR count). The largest absolute Gasteiger partial charge is 0.476 e. The van der Waals surface area contributed by atoms with Gasteiger partial charge in [-0.25, -0.2) is 9.59 Å².